The first-order chi connectivity index (χ1) is 17.0. The van der Waals surface area contributed by atoms with Crippen LogP contribution >= 0.6 is 11.6 Å². The number of hydrogen-bond donors (Lipinski definition) is 1. The lowest BCUT2D eigenvalue weighted by atomic mass is 10.0. The number of ketones is 1. The Kier molecular flexibility index (Phi) is 7.18. The lowest BCUT2D eigenvalue weighted by Crippen LogP contribution is -2.22. The molecule has 0 aliphatic carbocycles. The monoisotopic (exact) mass is 487 g/mol. The molecule has 1 heterocycles. The fourth-order valence-electron chi connectivity index (χ4n) is 3.34. The van der Waals surface area contributed by atoms with E-state index in [1.807, 2.05) is 0 Å². The first kappa shape index (κ1) is 23.7. The highest BCUT2D eigenvalue weighted by Gasteiger charge is 2.18. The van der Waals surface area contributed by atoms with Gasteiger partial charge in [0, 0.05) is 16.7 Å². The molecule has 0 unspecified atom stereocenters. The van der Waals surface area contributed by atoms with Crippen LogP contribution in [0.25, 0.3) is 11.3 Å². The molecule has 174 valence electrons. The van der Waals surface area contributed by atoms with Gasteiger partial charge in [-0.05, 0) is 42.5 Å². The Hall–Kier alpha value is -4.49. The molecular formula is C27H18ClNO6. The molecule has 0 radical (unpaired) electrons. The van der Waals surface area contributed by atoms with E-state index in [2.05, 4.69) is 5.32 Å². The summed E-state index contributed by atoms with van der Waals surface area (Å²) in [5, 5.41) is 2.74. The second-order valence-corrected chi connectivity index (χ2v) is 7.79. The Balaban J connectivity index is 1.44. The van der Waals surface area contributed by atoms with E-state index < -0.39 is 18.5 Å². The highest BCUT2D eigenvalue weighted by Crippen LogP contribution is 2.27. The summed E-state index contributed by atoms with van der Waals surface area (Å²) < 4.78 is 10.5. The molecule has 0 aliphatic rings. The minimum Gasteiger partial charge on any atom is -0.453 e. The molecule has 1 aromatic heterocycles. The van der Waals surface area contributed by atoms with Crippen molar-refractivity contribution >= 4 is 41.2 Å². The van der Waals surface area contributed by atoms with Gasteiger partial charge in [-0.2, -0.15) is 0 Å². The maximum atomic E-state index is 12.8. The molecule has 1 N–H and O–H groups in total. The van der Waals surface area contributed by atoms with Gasteiger partial charge in [0.15, 0.2) is 24.4 Å². The third-order valence-electron chi connectivity index (χ3n) is 5.03. The maximum absolute atomic E-state index is 12.8. The fraction of sp³-hybridized carbons (Fsp3) is 0.0370. The molecule has 0 bridgehead atoms. The summed E-state index contributed by atoms with van der Waals surface area (Å²) in [6.07, 6.45) is 0.568. The van der Waals surface area contributed by atoms with Gasteiger partial charge in [-0.1, -0.05) is 54.1 Å². The smallest absolute Gasteiger partial charge is 0.340 e. The summed E-state index contributed by atoms with van der Waals surface area (Å²) in [4.78, 5) is 48.8. The van der Waals surface area contributed by atoms with E-state index in [0.717, 1.165) is 0 Å². The van der Waals surface area contributed by atoms with Gasteiger partial charge in [0.05, 0.1) is 16.3 Å². The number of hydrogen-bond acceptors (Lipinski definition) is 6. The van der Waals surface area contributed by atoms with E-state index >= 15 is 0 Å². The van der Waals surface area contributed by atoms with Gasteiger partial charge in [0.1, 0.15) is 5.76 Å². The van der Waals surface area contributed by atoms with Gasteiger partial charge < -0.3 is 14.5 Å². The number of benzene rings is 3. The van der Waals surface area contributed by atoms with Crippen LogP contribution in [0.2, 0.25) is 5.02 Å². The number of ether oxygens (including phenoxy) is 1. The van der Waals surface area contributed by atoms with Crippen LogP contribution in [0.1, 0.15) is 36.8 Å². The van der Waals surface area contributed by atoms with Crippen molar-refractivity contribution in [2.45, 2.75) is 0 Å². The van der Waals surface area contributed by atoms with E-state index in [9.17, 15) is 19.2 Å². The van der Waals surface area contributed by atoms with E-state index in [1.54, 1.807) is 66.7 Å². The van der Waals surface area contributed by atoms with E-state index in [0.29, 0.717) is 34.4 Å². The lowest BCUT2D eigenvalue weighted by molar-refractivity contribution is -0.119. The van der Waals surface area contributed by atoms with Crippen LogP contribution in [0, 0.1) is 0 Å². The summed E-state index contributed by atoms with van der Waals surface area (Å²) in [7, 11) is 0. The molecular weight excluding hydrogens is 470 g/mol. The highest BCUT2D eigenvalue weighted by molar-refractivity contribution is 6.33. The number of para-hydroxylation sites is 1. The number of carbonyl (C=O) groups excluding carboxylic acids is 4. The predicted molar refractivity (Wildman–Crippen MR) is 130 cm³/mol. The lowest BCUT2D eigenvalue weighted by Gasteiger charge is -2.11. The topological polar surface area (TPSA) is 103 Å². The Labute approximate surface area is 205 Å². The van der Waals surface area contributed by atoms with Gasteiger partial charge in [0.2, 0.25) is 0 Å². The SMILES string of the molecule is O=Cc1ccc(-c2ccc(Cl)c(C(=O)OCC(=O)Nc3ccccc3C(=O)c3ccccc3)c2)o1. The van der Waals surface area contributed by atoms with Crippen LogP contribution in [0.4, 0.5) is 5.69 Å². The van der Waals surface area contributed by atoms with Gasteiger partial charge in [-0.25, -0.2) is 4.79 Å². The number of halogens is 1. The molecule has 4 rings (SSSR count). The predicted octanol–water partition coefficient (Wildman–Crippen LogP) is 5.44. The minimum absolute atomic E-state index is 0.0284. The Morgan fingerprint density at radius 3 is 2.37 bits per heavy atom. The maximum Gasteiger partial charge on any atom is 0.340 e. The number of rotatable bonds is 8. The van der Waals surface area contributed by atoms with E-state index in [4.69, 9.17) is 20.8 Å². The normalized spacial score (nSPS) is 10.4. The number of nitrogens with one attached hydrogen (secondary N) is 1. The average Bonchev–Trinajstić information content (AvgIpc) is 3.37. The van der Waals surface area contributed by atoms with Gasteiger partial charge in [0.25, 0.3) is 5.91 Å². The van der Waals surface area contributed by atoms with Gasteiger partial charge in [-0.15, -0.1) is 0 Å². The zero-order valence-corrected chi connectivity index (χ0v) is 19.0. The highest BCUT2D eigenvalue weighted by atomic mass is 35.5. The van der Waals surface area contributed by atoms with Crippen molar-refractivity contribution in [3.8, 4) is 11.3 Å². The van der Waals surface area contributed by atoms with Crippen molar-refractivity contribution in [3.05, 3.63) is 112 Å². The number of amides is 1. The zero-order chi connectivity index (χ0) is 24.8. The van der Waals surface area contributed by atoms with Crippen LogP contribution in [-0.4, -0.2) is 30.6 Å². The molecule has 3 aromatic carbocycles. The molecule has 0 saturated heterocycles. The first-order valence-electron chi connectivity index (χ1n) is 10.5. The summed E-state index contributed by atoms with van der Waals surface area (Å²) in [6, 6.07) is 22.9. The van der Waals surface area contributed by atoms with Crippen molar-refractivity contribution in [2.75, 3.05) is 11.9 Å². The number of anilines is 1. The Morgan fingerprint density at radius 1 is 0.886 bits per heavy atom. The quantitative estimate of drug-likeness (QED) is 0.202. The third kappa shape index (κ3) is 5.54. The van der Waals surface area contributed by atoms with Crippen molar-refractivity contribution in [1.82, 2.24) is 0 Å². The second-order valence-electron chi connectivity index (χ2n) is 7.38. The molecule has 35 heavy (non-hydrogen) atoms. The first-order valence-corrected chi connectivity index (χ1v) is 10.8. The molecule has 4 aromatic rings. The summed E-state index contributed by atoms with van der Waals surface area (Å²) >= 11 is 6.14. The average molecular weight is 488 g/mol. The van der Waals surface area contributed by atoms with E-state index in [1.165, 1.54) is 18.2 Å². The Bertz CT molecular complexity index is 1410. The molecule has 0 spiro atoms. The summed E-state index contributed by atoms with van der Waals surface area (Å²) in [5.41, 5.74) is 1.62. The molecule has 7 nitrogen and oxygen atoms in total. The van der Waals surface area contributed by atoms with Crippen LogP contribution in [0.15, 0.2) is 89.3 Å². The minimum atomic E-state index is -0.817. The number of aldehydes is 1. The van der Waals surface area contributed by atoms with Gasteiger partial charge >= 0.3 is 5.97 Å². The standard InChI is InChI=1S/C27H18ClNO6/c28-22-12-10-18(24-13-11-19(15-30)35-24)14-21(22)27(33)34-16-25(31)29-23-9-5-4-8-20(23)26(32)17-6-2-1-3-7-17/h1-15H,16H2,(H,29,31). The molecule has 1 amide bonds. The molecule has 0 saturated carbocycles. The zero-order valence-electron chi connectivity index (χ0n) is 18.2. The number of carbonyl (C=O) groups is 4. The summed E-state index contributed by atoms with van der Waals surface area (Å²) in [5.74, 6) is -1.18. The Morgan fingerprint density at radius 2 is 1.63 bits per heavy atom. The second kappa shape index (κ2) is 10.6. The van der Waals surface area contributed by atoms with Gasteiger partial charge in [-0.3, -0.25) is 14.4 Å². The van der Waals surface area contributed by atoms with Crippen LogP contribution in [0.5, 0.6) is 0 Å². The molecule has 0 fully saturated rings. The van der Waals surface area contributed by atoms with Crippen molar-refractivity contribution in [2.24, 2.45) is 0 Å². The largest absolute Gasteiger partial charge is 0.453 e. The van der Waals surface area contributed by atoms with Crippen molar-refractivity contribution < 1.29 is 28.3 Å². The van der Waals surface area contributed by atoms with E-state index in [-0.39, 0.29) is 22.1 Å². The van der Waals surface area contributed by atoms with Crippen molar-refractivity contribution in [3.63, 3.8) is 0 Å². The molecule has 0 aliphatic heterocycles. The molecule has 0 atom stereocenters. The number of esters is 1. The number of furan rings is 1. The van der Waals surface area contributed by atoms with Crippen LogP contribution < -0.4 is 5.32 Å². The summed E-state index contributed by atoms with van der Waals surface area (Å²) in [6.45, 7) is -0.594. The van der Waals surface area contributed by atoms with Crippen LogP contribution in [0.3, 0.4) is 0 Å². The van der Waals surface area contributed by atoms with Crippen LogP contribution in [-0.2, 0) is 9.53 Å². The van der Waals surface area contributed by atoms with Crippen molar-refractivity contribution in [1.29, 1.82) is 0 Å². The molecule has 8 heteroatoms. The fourth-order valence-corrected chi connectivity index (χ4v) is 3.53. The third-order valence-corrected chi connectivity index (χ3v) is 5.36.